The largest absolute Gasteiger partial charge is 0.450 e. The van der Waals surface area contributed by atoms with Crippen molar-refractivity contribution in [3.63, 3.8) is 0 Å². The van der Waals surface area contributed by atoms with Crippen LogP contribution in [0.3, 0.4) is 0 Å². The minimum atomic E-state index is -0.252. The number of likely N-dealkylation sites (tertiary alicyclic amines) is 1. The van der Waals surface area contributed by atoms with Crippen LogP contribution in [0, 0.1) is 0 Å². The van der Waals surface area contributed by atoms with Gasteiger partial charge in [-0.1, -0.05) is 30.3 Å². The molecule has 2 N–H and O–H groups in total. The molecule has 1 aliphatic heterocycles. The molecule has 0 radical (unpaired) electrons. The van der Waals surface area contributed by atoms with Crippen molar-refractivity contribution in [3.05, 3.63) is 48.0 Å². The molecule has 2 amide bonds. The summed E-state index contributed by atoms with van der Waals surface area (Å²) in [6, 6.07) is 13.7. The van der Waals surface area contributed by atoms with Crippen molar-refractivity contribution >= 4 is 23.6 Å². The number of rotatable bonds is 7. The van der Waals surface area contributed by atoms with E-state index in [-0.39, 0.29) is 18.0 Å². The zero-order chi connectivity index (χ0) is 20.5. The summed E-state index contributed by atoms with van der Waals surface area (Å²) in [5.74, 6) is 1.00. The van der Waals surface area contributed by atoms with E-state index in [0.29, 0.717) is 44.2 Å². The van der Waals surface area contributed by atoms with Crippen molar-refractivity contribution < 1.29 is 14.3 Å². The summed E-state index contributed by atoms with van der Waals surface area (Å²) in [5.41, 5.74) is 1.13. The molecular formula is C21H27N5O3. The van der Waals surface area contributed by atoms with Crippen LogP contribution in [-0.4, -0.2) is 52.8 Å². The normalized spacial score (nSPS) is 14.3. The quantitative estimate of drug-likeness (QED) is 0.745. The highest BCUT2D eigenvalue weighted by Crippen LogP contribution is 2.16. The van der Waals surface area contributed by atoms with Crippen LogP contribution in [0.4, 0.5) is 16.4 Å². The number of piperidine rings is 1. The van der Waals surface area contributed by atoms with Crippen molar-refractivity contribution in [2.24, 2.45) is 0 Å². The Morgan fingerprint density at radius 2 is 1.76 bits per heavy atom. The summed E-state index contributed by atoms with van der Waals surface area (Å²) in [4.78, 5) is 25.5. The minimum Gasteiger partial charge on any atom is -0.450 e. The number of amides is 2. The molecule has 154 valence electrons. The summed E-state index contributed by atoms with van der Waals surface area (Å²) >= 11 is 0. The van der Waals surface area contributed by atoms with Gasteiger partial charge in [0.15, 0.2) is 5.82 Å². The first-order valence-corrected chi connectivity index (χ1v) is 10.00. The molecule has 1 aromatic carbocycles. The number of aryl methyl sites for hydroxylation is 1. The van der Waals surface area contributed by atoms with E-state index in [1.807, 2.05) is 30.3 Å². The lowest BCUT2D eigenvalue weighted by molar-refractivity contribution is -0.116. The van der Waals surface area contributed by atoms with Gasteiger partial charge in [-0.2, -0.15) is 0 Å². The molecule has 8 heteroatoms. The maximum Gasteiger partial charge on any atom is 0.409 e. The Morgan fingerprint density at radius 3 is 2.41 bits per heavy atom. The number of anilines is 2. The van der Waals surface area contributed by atoms with E-state index in [1.54, 1.807) is 24.0 Å². The number of hydrogen-bond donors (Lipinski definition) is 2. The third-order valence-electron chi connectivity index (χ3n) is 4.79. The van der Waals surface area contributed by atoms with Crippen LogP contribution in [0.2, 0.25) is 0 Å². The fourth-order valence-electron chi connectivity index (χ4n) is 3.21. The van der Waals surface area contributed by atoms with Crippen LogP contribution in [0.5, 0.6) is 0 Å². The molecule has 2 aromatic rings. The van der Waals surface area contributed by atoms with Crippen LogP contribution in [0.15, 0.2) is 42.5 Å². The summed E-state index contributed by atoms with van der Waals surface area (Å²) in [6.45, 7) is 3.50. The number of aromatic nitrogens is 2. The second-order valence-electron chi connectivity index (χ2n) is 6.94. The maximum atomic E-state index is 12.1. The fourth-order valence-corrected chi connectivity index (χ4v) is 3.21. The molecule has 3 rings (SSSR count). The second kappa shape index (κ2) is 10.4. The zero-order valence-electron chi connectivity index (χ0n) is 16.6. The number of ether oxygens (including phenoxy) is 1. The Bertz CT molecular complexity index is 790. The summed E-state index contributed by atoms with van der Waals surface area (Å²) in [7, 11) is 0. The average Bonchev–Trinajstić information content (AvgIpc) is 2.75. The molecule has 1 aromatic heterocycles. The van der Waals surface area contributed by atoms with E-state index in [9.17, 15) is 9.59 Å². The van der Waals surface area contributed by atoms with Crippen LogP contribution in [-0.2, 0) is 16.0 Å². The minimum absolute atomic E-state index is 0.0878. The van der Waals surface area contributed by atoms with Crippen LogP contribution >= 0.6 is 0 Å². The van der Waals surface area contributed by atoms with E-state index in [1.165, 1.54) is 0 Å². The van der Waals surface area contributed by atoms with E-state index < -0.39 is 0 Å². The van der Waals surface area contributed by atoms with E-state index in [4.69, 9.17) is 4.74 Å². The second-order valence-corrected chi connectivity index (χ2v) is 6.94. The number of benzene rings is 1. The Balaban J connectivity index is 1.41. The summed E-state index contributed by atoms with van der Waals surface area (Å²) in [6.07, 6.45) is 2.46. The van der Waals surface area contributed by atoms with Gasteiger partial charge >= 0.3 is 6.09 Å². The van der Waals surface area contributed by atoms with E-state index >= 15 is 0 Å². The van der Waals surface area contributed by atoms with Gasteiger partial charge in [0.05, 0.1) is 6.61 Å². The lowest BCUT2D eigenvalue weighted by atomic mass is 10.1. The van der Waals surface area contributed by atoms with Gasteiger partial charge in [-0.15, -0.1) is 10.2 Å². The number of carbonyl (C=O) groups excluding carboxylic acids is 2. The van der Waals surface area contributed by atoms with Crippen molar-refractivity contribution in [1.29, 1.82) is 0 Å². The lowest BCUT2D eigenvalue weighted by Crippen LogP contribution is -2.42. The lowest BCUT2D eigenvalue weighted by Gasteiger charge is -2.31. The van der Waals surface area contributed by atoms with Gasteiger partial charge in [0.1, 0.15) is 5.82 Å². The molecular weight excluding hydrogens is 370 g/mol. The van der Waals surface area contributed by atoms with Crippen molar-refractivity contribution in [2.45, 2.75) is 38.6 Å². The van der Waals surface area contributed by atoms with E-state index in [2.05, 4.69) is 20.8 Å². The topological polar surface area (TPSA) is 96.5 Å². The Labute approximate surface area is 170 Å². The Morgan fingerprint density at radius 1 is 1.07 bits per heavy atom. The zero-order valence-corrected chi connectivity index (χ0v) is 16.6. The molecule has 1 saturated heterocycles. The van der Waals surface area contributed by atoms with Crippen LogP contribution in [0.1, 0.15) is 31.7 Å². The van der Waals surface area contributed by atoms with Crippen molar-refractivity contribution in [2.75, 3.05) is 30.3 Å². The molecule has 2 heterocycles. The molecule has 0 atom stereocenters. The maximum absolute atomic E-state index is 12.1. The summed E-state index contributed by atoms with van der Waals surface area (Å²) < 4.78 is 5.03. The highest BCUT2D eigenvalue weighted by atomic mass is 16.6. The predicted octanol–water partition coefficient (Wildman–Crippen LogP) is 3.08. The molecule has 29 heavy (non-hydrogen) atoms. The molecule has 0 unspecified atom stereocenters. The molecule has 0 aliphatic carbocycles. The van der Waals surface area contributed by atoms with Gasteiger partial charge in [0, 0.05) is 25.6 Å². The van der Waals surface area contributed by atoms with Crippen LogP contribution < -0.4 is 10.6 Å². The fraction of sp³-hybridized carbons (Fsp3) is 0.429. The highest BCUT2D eigenvalue weighted by Gasteiger charge is 2.23. The first kappa shape index (κ1) is 20.6. The Hall–Kier alpha value is -3.16. The van der Waals surface area contributed by atoms with Gasteiger partial charge in [-0.25, -0.2) is 4.79 Å². The smallest absolute Gasteiger partial charge is 0.409 e. The number of hydrogen-bond acceptors (Lipinski definition) is 6. The molecule has 0 saturated carbocycles. The molecule has 0 spiro atoms. The first-order chi connectivity index (χ1) is 14.1. The van der Waals surface area contributed by atoms with Gasteiger partial charge in [0.25, 0.3) is 0 Å². The average molecular weight is 397 g/mol. The van der Waals surface area contributed by atoms with Crippen molar-refractivity contribution in [1.82, 2.24) is 15.1 Å². The molecule has 1 aliphatic rings. The third-order valence-corrected chi connectivity index (χ3v) is 4.79. The summed E-state index contributed by atoms with van der Waals surface area (Å²) in [5, 5.41) is 14.3. The van der Waals surface area contributed by atoms with Crippen LogP contribution in [0.25, 0.3) is 0 Å². The van der Waals surface area contributed by atoms with Gasteiger partial charge in [-0.05, 0) is 43.9 Å². The molecule has 1 fully saturated rings. The van der Waals surface area contributed by atoms with Crippen molar-refractivity contribution in [3.8, 4) is 0 Å². The highest BCUT2D eigenvalue weighted by molar-refractivity contribution is 5.89. The standard InChI is InChI=1S/C21H27N5O3/c1-2-29-21(28)26-14-12-17(13-15-26)22-18-9-10-19(25-24-18)23-20(27)11-8-16-6-4-3-5-7-16/h3-7,9-10,17H,2,8,11-15H2,1H3,(H,22,24)(H,23,25,27). The predicted molar refractivity (Wildman–Crippen MR) is 111 cm³/mol. The molecule has 8 nitrogen and oxygen atoms in total. The third kappa shape index (κ3) is 6.44. The van der Waals surface area contributed by atoms with Gasteiger partial charge in [0.2, 0.25) is 5.91 Å². The first-order valence-electron chi connectivity index (χ1n) is 10.00. The number of nitrogens with one attached hydrogen (secondary N) is 2. The van der Waals surface area contributed by atoms with Gasteiger partial charge < -0.3 is 20.3 Å². The number of carbonyl (C=O) groups is 2. The molecule has 0 bridgehead atoms. The Kier molecular flexibility index (Phi) is 7.38. The SMILES string of the molecule is CCOC(=O)N1CCC(Nc2ccc(NC(=O)CCc3ccccc3)nn2)CC1. The van der Waals surface area contributed by atoms with Gasteiger partial charge in [-0.3, -0.25) is 4.79 Å². The monoisotopic (exact) mass is 397 g/mol. The van der Waals surface area contributed by atoms with E-state index in [0.717, 1.165) is 18.4 Å². The number of nitrogens with zero attached hydrogens (tertiary/aromatic N) is 3.